The van der Waals surface area contributed by atoms with Crippen LogP contribution in [-0.4, -0.2) is 8.75 Å². The van der Waals surface area contributed by atoms with Crippen molar-refractivity contribution < 1.29 is 4.39 Å². The Bertz CT molecular complexity index is 563. The van der Waals surface area contributed by atoms with E-state index in [1.807, 2.05) is 6.07 Å². The van der Waals surface area contributed by atoms with Crippen molar-refractivity contribution in [1.29, 1.82) is 5.26 Å². The Morgan fingerprint density at radius 1 is 1.44 bits per heavy atom. The topological polar surface area (TPSA) is 61.6 Å². The van der Waals surface area contributed by atoms with E-state index in [1.54, 1.807) is 0 Å². The highest BCUT2D eigenvalue weighted by Gasteiger charge is 2.09. The molecule has 0 amide bonds. The molecule has 1 heterocycles. The molecule has 0 fully saturated rings. The van der Waals surface area contributed by atoms with E-state index in [4.69, 9.17) is 16.9 Å². The maximum Gasteiger partial charge on any atom is 0.187 e. The highest BCUT2D eigenvalue weighted by Crippen LogP contribution is 2.25. The van der Waals surface area contributed by atoms with Gasteiger partial charge in [0.15, 0.2) is 11.0 Å². The summed E-state index contributed by atoms with van der Waals surface area (Å²) in [7, 11) is 0. The van der Waals surface area contributed by atoms with Crippen LogP contribution in [-0.2, 0) is 0 Å². The van der Waals surface area contributed by atoms with Gasteiger partial charge in [0.1, 0.15) is 11.9 Å². The summed E-state index contributed by atoms with van der Waals surface area (Å²) in [6, 6.07) is 5.71. The quantitative estimate of drug-likeness (QED) is 0.895. The van der Waals surface area contributed by atoms with Crippen molar-refractivity contribution in [2.24, 2.45) is 0 Å². The molecule has 1 aromatic carbocycles. The van der Waals surface area contributed by atoms with Crippen molar-refractivity contribution in [2.75, 3.05) is 5.32 Å². The maximum atomic E-state index is 12.9. The Morgan fingerprint density at radius 2 is 2.25 bits per heavy atom. The molecule has 0 aliphatic rings. The lowest BCUT2D eigenvalue weighted by Crippen LogP contribution is -1.95. The summed E-state index contributed by atoms with van der Waals surface area (Å²) in [4.78, 5) is 0. The summed E-state index contributed by atoms with van der Waals surface area (Å²) < 4.78 is 20.5. The van der Waals surface area contributed by atoms with Gasteiger partial charge in [-0.1, -0.05) is 11.6 Å². The van der Waals surface area contributed by atoms with Gasteiger partial charge in [0.2, 0.25) is 0 Å². The van der Waals surface area contributed by atoms with Crippen LogP contribution in [0.3, 0.4) is 0 Å². The van der Waals surface area contributed by atoms with E-state index in [1.165, 1.54) is 12.1 Å². The minimum Gasteiger partial charge on any atom is -0.336 e. The zero-order valence-corrected chi connectivity index (χ0v) is 9.31. The molecule has 16 heavy (non-hydrogen) atoms. The number of nitrogens with one attached hydrogen (secondary N) is 1. The third kappa shape index (κ3) is 2.10. The van der Waals surface area contributed by atoms with Crippen molar-refractivity contribution >= 4 is 34.8 Å². The van der Waals surface area contributed by atoms with Crippen LogP contribution in [0.15, 0.2) is 18.2 Å². The van der Waals surface area contributed by atoms with Crippen LogP contribution in [0.2, 0.25) is 5.15 Å². The van der Waals surface area contributed by atoms with Crippen LogP contribution in [0.25, 0.3) is 0 Å². The molecule has 0 aliphatic heterocycles. The smallest absolute Gasteiger partial charge is 0.187 e. The van der Waals surface area contributed by atoms with Gasteiger partial charge in [-0.3, -0.25) is 0 Å². The summed E-state index contributed by atoms with van der Waals surface area (Å²) in [5.74, 6) is -0.112. The van der Waals surface area contributed by atoms with Crippen LogP contribution in [0.1, 0.15) is 5.56 Å². The summed E-state index contributed by atoms with van der Waals surface area (Å²) in [5.41, 5.74) is 0.627. The zero-order chi connectivity index (χ0) is 11.5. The van der Waals surface area contributed by atoms with Gasteiger partial charge in [-0.05, 0) is 18.2 Å². The second-order valence-corrected chi connectivity index (χ2v) is 3.72. The van der Waals surface area contributed by atoms with Gasteiger partial charge < -0.3 is 5.32 Å². The van der Waals surface area contributed by atoms with Crippen molar-refractivity contribution in [3.63, 3.8) is 0 Å². The van der Waals surface area contributed by atoms with Gasteiger partial charge >= 0.3 is 0 Å². The van der Waals surface area contributed by atoms with E-state index in [9.17, 15) is 4.39 Å². The van der Waals surface area contributed by atoms with E-state index in [0.29, 0.717) is 11.5 Å². The van der Waals surface area contributed by atoms with Crippen LogP contribution < -0.4 is 5.32 Å². The standard InChI is InChI=1S/C9H4ClFN4S/c10-8-9(15-16-14-8)13-7-2-1-6(11)3-5(7)4-12/h1-3H,(H,13,15). The van der Waals surface area contributed by atoms with Gasteiger partial charge in [0, 0.05) is 0 Å². The van der Waals surface area contributed by atoms with Crippen molar-refractivity contribution in [3.8, 4) is 6.07 Å². The molecule has 0 saturated carbocycles. The fraction of sp³-hybridized carbons (Fsp3) is 0. The van der Waals surface area contributed by atoms with E-state index < -0.39 is 5.82 Å². The van der Waals surface area contributed by atoms with Crippen LogP contribution in [0.4, 0.5) is 15.9 Å². The minimum atomic E-state index is -0.468. The number of aromatic nitrogens is 2. The number of nitriles is 1. The first-order valence-corrected chi connectivity index (χ1v) is 5.26. The molecule has 0 atom stereocenters. The Hall–Kier alpha value is -1.71. The Labute approximate surface area is 99.6 Å². The number of hydrogen-bond donors (Lipinski definition) is 1. The van der Waals surface area contributed by atoms with Crippen LogP contribution in [0.5, 0.6) is 0 Å². The number of nitrogens with zero attached hydrogens (tertiary/aromatic N) is 3. The van der Waals surface area contributed by atoms with Gasteiger partial charge in [0.05, 0.1) is 23.0 Å². The van der Waals surface area contributed by atoms with Gasteiger partial charge in [-0.2, -0.15) is 14.0 Å². The van der Waals surface area contributed by atoms with Crippen molar-refractivity contribution in [1.82, 2.24) is 8.75 Å². The average Bonchev–Trinajstić information content (AvgIpc) is 2.67. The summed E-state index contributed by atoms with van der Waals surface area (Å²) in [5, 5.41) is 11.9. The van der Waals surface area contributed by atoms with E-state index >= 15 is 0 Å². The first-order valence-electron chi connectivity index (χ1n) is 4.15. The SMILES string of the molecule is N#Cc1cc(F)ccc1Nc1nsnc1Cl. The van der Waals surface area contributed by atoms with E-state index in [2.05, 4.69) is 14.1 Å². The van der Waals surface area contributed by atoms with Crippen molar-refractivity contribution in [2.45, 2.75) is 0 Å². The number of anilines is 2. The van der Waals surface area contributed by atoms with E-state index in [-0.39, 0.29) is 10.7 Å². The number of halogens is 2. The van der Waals surface area contributed by atoms with Crippen LogP contribution >= 0.6 is 23.3 Å². The minimum absolute atomic E-state index is 0.184. The van der Waals surface area contributed by atoms with Crippen LogP contribution in [0, 0.1) is 17.1 Å². The molecule has 2 rings (SSSR count). The highest BCUT2D eigenvalue weighted by atomic mass is 35.5. The average molecular weight is 255 g/mol. The molecule has 80 valence electrons. The molecule has 0 spiro atoms. The Balaban J connectivity index is 2.36. The molecule has 4 nitrogen and oxygen atoms in total. The molecule has 1 N–H and O–H groups in total. The lowest BCUT2D eigenvalue weighted by atomic mass is 10.2. The molecule has 0 unspecified atom stereocenters. The molecular weight excluding hydrogens is 251 g/mol. The third-order valence-corrected chi connectivity index (χ3v) is 2.70. The van der Waals surface area contributed by atoms with E-state index in [0.717, 1.165) is 17.8 Å². The fourth-order valence-electron chi connectivity index (χ4n) is 1.10. The molecule has 0 aliphatic carbocycles. The lowest BCUT2D eigenvalue weighted by Gasteiger charge is -2.04. The Kier molecular flexibility index (Phi) is 2.99. The normalized spacial score (nSPS) is 9.81. The number of hydrogen-bond acceptors (Lipinski definition) is 5. The first kappa shape index (κ1) is 10.8. The monoisotopic (exact) mass is 254 g/mol. The Morgan fingerprint density at radius 3 is 2.88 bits per heavy atom. The summed E-state index contributed by atoms with van der Waals surface area (Å²) >= 11 is 6.68. The van der Waals surface area contributed by atoms with Gasteiger partial charge in [-0.25, -0.2) is 4.39 Å². The largest absolute Gasteiger partial charge is 0.336 e. The predicted molar refractivity (Wildman–Crippen MR) is 59.3 cm³/mol. The highest BCUT2D eigenvalue weighted by molar-refractivity contribution is 6.99. The second-order valence-electron chi connectivity index (χ2n) is 2.83. The predicted octanol–water partition coefficient (Wildman–Crippen LogP) is 2.95. The molecule has 0 radical (unpaired) electrons. The first-order chi connectivity index (χ1) is 7.70. The molecule has 7 heteroatoms. The summed E-state index contributed by atoms with van der Waals surface area (Å²) in [6.45, 7) is 0. The number of rotatable bonds is 2. The molecule has 1 aromatic heterocycles. The third-order valence-electron chi connectivity index (χ3n) is 1.80. The van der Waals surface area contributed by atoms with Gasteiger partial charge in [0.25, 0.3) is 0 Å². The molecule has 0 bridgehead atoms. The maximum absolute atomic E-state index is 12.9. The van der Waals surface area contributed by atoms with Crippen molar-refractivity contribution in [3.05, 3.63) is 34.7 Å². The zero-order valence-electron chi connectivity index (χ0n) is 7.74. The lowest BCUT2D eigenvalue weighted by molar-refractivity contribution is 0.627. The molecular formula is C9H4ClFN4S. The molecule has 0 saturated heterocycles. The summed E-state index contributed by atoms with van der Waals surface area (Å²) in [6.07, 6.45) is 0. The second kappa shape index (κ2) is 4.43. The number of benzene rings is 1. The van der Waals surface area contributed by atoms with Gasteiger partial charge in [-0.15, -0.1) is 0 Å². The fourth-order valence-corrected chi connectivity index (χ4v) is 1.74. The molecule has 2 aromatic rings.